The summed E-state index contributed by atoms with van der Waals surface area (Å²) in [7, 11) is 0. The highest BCUT2D eigenvalue weighted by molar-refractivity contribution is 6.51. The van der Waals surface area contributed by atoms with Crippen LogP contribution in [0.1, 0.15) is 29.7 Å². The third-order valence-electron chi connectivity index (χ3n) is 5.35. The van der Waals surface area contributed by atoms with E-state index >= 15 is 0 Å². The minimum absolute atomic E-state index is 0.0305. The van der Waals surface area contributed by atoms with Gasteiger partial charge in [-0.05, 0) is 73.5 Å². The lowest BCUT2D eigenvalue weighted by atomic mass is 9.95. The molecule has 6 heteroatoms. The van der Waals surface area contributed by atoms with Crippen LogP contribution in [0.4, 0.5) is 5.69 Å². The molecule has 1 fully saturated rings. The Hall–Kier alpha value is -3.57. The lowest BCUT2D eigenvalue weighted by molar-refractivity contribution is -0.132. The summed E-state index contributed by atoms with van der Waals surface area (Å²) in [6, 6.07) is 20.3. The van der Waals surface area contributed by atoms with E-state index in [1.54, 1.807) is 54.6 Å². The molecule has 4 rings (SSSR count). The molecule has 1 N–H and O–H groups in total. The van der Waals surface area contributed by atoms with Gasteiger partial charge in [-0.3, -0.25) is 14.5 Å². The predicted octanol–water partition coefficient (Wildman–Crippen LogP) is 5.67. The van der Waals surface area contributed by atoms with Crippen LogP contribution in [0.3, 0.4) is 0 Å². The van der Waals surface area contributed by atoms with E-state index < -0.39 is 17.7 Å². The molecule has 0 radical (unpaired) electrons. The fourth-order valence-electron chi connectivity index (χ4n) is 3.87. The Kier molecular flexibility index (Phi) is 6.01. The molecule has 1 heterocycles. The number of hydrogen-bond donors (Lipinski definition) is 1. The second-order valence-corrected chi connectivity index (χ2v) is 7.95. The number of carbonyl (C=O) groups excluding carboxylic acids is 2. The number of Topliss-reactive ketones (excluding diaryl/α,β-unsaturated/α-hetero) is 1. The SMILES string of the molecule is CCOc1ccc(C2/C(=C(\O)c3ccc(Cl)cc3)C(=O)C(=O)N2c2cccc(C)c2)cc1. The Bertz CT molecular complexity index is 1200. The molecule has 0 aromatic heterocycles. The molecule has 0 saturated carbocycles. The lowest BCUT2D eigenvalue weighted by Crippen LogP contribution is -2.29. The third-order valence-corrected chi connectivity index (χ3v) is 5.60. The van der Waals surface area contributed by atoms with Crippen LogP contribution in [0.5, 0.6) is 5.75 Å². The van der Waals surface area contributed by atoms with Gasteiger partial charge >= 0.3 is 0 Å². The van der Waals surface area contributed by atoms with Crippen LogP contribution in [-0.4, -0.2) is 23.4 Å². The average Bonchev–Trinajstić information content (AvgIpc) is 3.05. The van der Waals surface area contributed by atoms with Crippen LogP contribution in [0.25, 0.3) is 5.76 Å². The van der Waals surface area contributed by atoms with Crippen molar-refractivity contribution in [2.45, 2.75) is 19.9 Å². The number of halogens is 1. The number of nitrogens with zero attached hydrogens (tertiary/aromatic N) is 1. The summed E-state index contributed by atoms with van der Waals surface area (Å²) in [5.74, 6) is -0.988. The highest BCUT2D eigenvalue weighted by Gasteiger charge is 2.47. The van der Waals surface area contributed by atoms with E-state index in [0.717, 1.165) is 5.56 Å². The molecule has 3 aromatic carbocycles. The summed E-state index contributed by atoms with van der Waals surface area (Å²) in [5, 5.41) is 11.6. The molecule has 3 aromatic rings. The molecule has 1 saturated heterocycles. The van der Waals surface area contributed by atoms with Crippen molar-refractivity contribution < 1.29 is 19.4 Å². The monoisotopic (exact) mass is 447 g/mol. The summed E-state index contributed by atoms with van der Waals surface area (Å²) < 4.78 is 5.53. The smallest absolute Gasteiger partial charge is 0.300 e. The van der Waals surface area contributed by atoms with Crippen LogP contribution < -0.4 is 9.64 Å². The number of ketones is 1. The predicted molar refractivity (Wildman–Crippen MR) is 125 cm³/mol. The van der Waals surface area contributed by atoms with Crippen LogP contribution in [0.2, 0.25) is 5.02 Å². The molecular formula is C26H22ClNO4. The van der Waals surface area contributed by atoms with Gasteiger partial charge in [0.1, 0.15) is 11.5 Å². The Balaban J connectivity index is 1.91. The molecule has 0 bridgehead atoms. The molecule has 1 aliphatic heterocycles. The molecule has 0 spiro atoms. The minimum atomic E-state index is -0.789. The molecule has 162 valence electrons. The van der Waals surface area contributed by atoms with Crippen molar-refractivity contribution in [3.63, 3.8) is 0 Å². The quantitative estimate of drug-likeness (QED) is 0.310. The van der Waals surface area contributed by atoms with E-state index in [1.807, 2.05) is 32.0 Å². The molecule has 1 atom stereocenters. The fourth-order valence-corrected chi connectivity index (χ4v) is 3.99. The molecule has 1 aliphatic rings. The number of aliphatic hydroxyl groups is 1. The second-order valence-electron chi connectivity index (χ2n) is 7.52. The van der Waals surface area contributed by atoms with E-state index in [-0.39, 0.29) is 11.3 Å². The summed E-state index contributed by atoms with van der Waals surface area (Å²) in [6.45, 7) is 4.34. The van der Waals surface area contributed by atoms with E-state index in [4.69, 9.17) is 16.3 Å². The number of anilines is 1. The molecule has 1 unspecified atom stereocenters. The summed E-state index contributed by atoms with van der Waals surface area (Å²) in [4.78, 5) is 27.7. The highest BCUT2D eigenvalue weighted by Crippen LogP contribution is 2.42. The number of rotatable bonds is 5. The number of amides is 1. The molecule has 0 aliphatic carbocycles. The van der Waals surface area contributed by atoms with Gasteiger partial charge in [0.25, 0.3) is 11.7 Å². The van der Waals surface area contributed by atoms with E-state index in [2.05, 4.69) is 0 Å². The van der Waals surface area contributed by atoms with Crippen LogP contribution in [0.15, 0.2) is 78.4 Å². The van der Waals surface area contributed by atoms with E-state index in [0.29, 0.717) is 34.2 Å². The number of benzene rings is 3. The maximum Gasteiger partial charge on any atom is 0.300 e. The number of carbonyl (C=O) groups is 2. The molecule has 1 amide bonds. The zero-order valence-electron chi connectivity index (χ0n) is 17.7. The van der Waals surface area contributed by atoms with Crippen LogP contribution >= 0.6 is 11.6 Å². The van der Waals surface area contributed by atoms with Crippen molar-refractivity contribution in [2.24, 2.45) is 0 Å². The summed E-state index contributed by atoms with van der Waals surface area (Å²) in [6.07, 6.45) is 0. The number of aryl methyl sites for hydroxylation is 1. The van der Waals surface area contributed by atoms with E-state index in [9.17, 15) is 14.7 Å². The standard InChI is InChI=1S/C26H22ClNO4/c1-3-32-21-13-9-17(10-14-21)23-22(24(29)18-7-11-19(27)12-8-18)25(30)26(31)28(23)20-6-4-5-16(2)15-20/h4-15,23,29H,3H2,1-2H3/b24-22+. The zero-order valence-corrected chi connectivity index (χ0v) is 18.5. The van der Waals surface area contributed by atoms with Gasteiger partial charge in [-0.15, -0.1) is 0 Å². The van der Waals surface area contributed by atoms with Gasteiger partial charge in [0, 0.05) is 16.3 Å². The highest BCUT2D eigenvalue weighted by atomic mass is 35.5. The average molecular weight is 448 g/mol. The maximum atomic E-state index is 13.2. The topological polar surface area (TPSA) is 66.8 Å². The summed E-state index contributed by atoms with van der Waals surface area (Å²) >= 11 is 5.97. The Labute approximate surface area is 191 Å². The number of aliphatic hydroxyl groups excluding tert-OH is 1. The van der Waals surface area contributed by atoms with Gasteiger partial charge in [-0.1, -0.05) is 35.9 Å². The van der Waals surface area contributed by atoms with E-state index in [1.165, 1.54) is 4.90 Å². The zero-order chi connectivity index (χ0) is 22.8. The number of ether oxygens (including phenoxy) is 1. The van der Waals surface area contributed by atoms with Crippen molar-refractivity contribution in [3.8, 4) is 5.75 Å². The van der Waals surface area contributed by atoms with Gasteiger partial charge in [0.2, 0.25) is 0 Å². The van der Waals surface area contributed by atoms with Gasteiger partial charge < -0.3 is 9.84 Å². The fraction of sp³-hybridized carbons (Fsp3) is 0.154. The van der Waals surface area contributed by atoms with Crippen molar-refractivity contribution in [1.29, 1.82) is 0 Å². The largest absolute Gasteiger partial charge is 0.507 e. The van der Waals surface area contributed by atoms with Crippen molar-refractivity contribution in [2.75, 3.05) is 11.5 Å². The third kappa shape index (κ3) is 3.99. The second kappa shape index (κ2) is 8.89. The van der Waals surface area contributed by atoms with Gasteiger partial charge in [0.05, 0.1) is 18.2 Å². The van der Waals surface area contributed by atoms with Gasteiger partial charge in [-0.2, -0.15) is 0 Å². The maximum absolute atomic E-state index is 13.2. The van der Waals surface area contributed by atoms with Crippen molar-refractivity contribution in [3.05, 3.63) is 100 Å². The molecule has 32 heavy (non-hydrogen) atoms. The molecule has 5 nitrogen and oxygen atoms in total. The molecular weight excluding hydrogens is 426 g/mol. The first-order valence-electron chi connectivity index (χ1n) is 10.3. The van der Waals surface area contributed by atoms with Crippen molar-refractivity contribution >= 4 is 34.7 Å². The Morgan fingerprint density at radius 1 is 1.03 bits per heavy atom. The Morgan fingerprint density at radius 3 is 2.34 bits per heavy atom. The Morgan fingerprint density at radius 2 is 1.72 bits per heavy atom. The summed E-state index contributed by atoms with van der Waals surface area (Å²) in [5.41, 5.74) is 2.66. The minimum Gasteiger partial charge on any atom is -0.507 e. The first-order chi connectivity index (χ1) is 15.4. The first kappa shape index (κ1) is 21.7. The van der Waals surface area contributed by atoms with Crippen molar-refractivity contribution in [1.82, 2.24) is 0 Å². The normalized spacial score (nSPS) is 17.6. The van der Waals surface area contributed by atoms with Gasteiger partial charge in [-0.25, -0.2) is 0 Å². The van der Waals surface area contributed by atoms with Crippen LogP contribution in [0, 0.1) is 6.92 Å². The van der Waals surface area contributed by atoms with Gasteiger partial charge in [0.15, 0.2) is 0 Å². The van der Waals surface area contributed by atoms with Crippen LogP contribution in [-0.2, 0) is 9.59 Å². The lowest BCUT2D eigenvalue weighted by Gasteiger charge is -2.26. The first-order valence-corrected chi connectivity index (χ1v) is 10.6. The number of hydrogen-bond acceptors (Lipinski definition) is 4.